The van der Waals surface area contributed by atoms with Gasteiger partial charge in [-0.25, -0.2) is 0 Å². The second-order valence-corrected chi connectivity index (χ2v) is 6.85. The Morgan fingerprint density at radius 2 is 1.72 bits per heavy atom. The minimum atomic E-state index is 0.297. The van der Waals surface area contributed by atoms with Crippen LogP contribution in [-0.2, 0) is 6.42 Å². The van der Waals surface area contributed by atoms with Crippen molar-refractivity contribution in [3.05, 3.63) is 94.9 Å². The molecule has 3 aromatic rings. The van der Waals surface area contributed by atoms with Crippen LogP contribution in [0, 0.1) is 0 Å². The van der Waals surface area contributed by atoms with Gasteiger partial charge in [0.1, 0.15) is 5.76 Å². The molecule has 0 saturated carbocycles. The van der Waals surface area contributed by atoms with Crippen LogP contribution in [0.2, 0.25) is 5.02 Å². The van der Waals surface area contributed by atoms with Crippen LogP contribution in [0.4, 0.5) is 0 Å². The molecule has 3 rings (SSSR count). The summed E-state index contributed by atoms with van der Waals surface area (Å²) in [4.78, 5) is 0. The van der Waals surface area contributed by atoms with E-state index in [0.29, 0.717) is 12.0 Å². The summed E-state index contributed by atoms with van der Waals surface area (Å²) in [7, 11) is 0. The van der Waals surface area contributed by atoms with Crippen LogP contribution in [0.5, 0.6) is 0 Å². The predicted molar refractivity (Wildman–Crippen MR) is 104 cm³/mol. The lowest BCUT2D eigenvalue weighted by Crippen LogP contribution is -2.22. The third kappa shape index (κ3) is 5.22. The van der Waals surface area contributed by atoms with Crippen LogP contribution in [0.25, 0.3) is 0 Å². The maximum absolute atomic E-state index is 5.97. The molecule has 0 aliphatic heterocycles. The first-order valence-electron chi connectivity index (χ1n) is 8.78. The van der Waals surface area contributed by atoms with Crippen molar-refractivity contribution in [2.45, 2.75) is 31.7 Å². The number of nitrogens with one attached hydrogen (secondary N) is 1. The maximum Gasteiger partial charge on any atom is 0.107 e. The van der Waals surface area contributed by atoms with Gasteiger partial charge in [0, 0.05) is 17.0 Å². The van der Waals surface area contributed by atoms with E-state index >= 15 is 0 Å². The van der Waals surface area contributed by atoms with Crippen LogP contribution < -0.4 is 5.32 Å². The van der Waals surface area contributed by atoms with E-state index < -0.39 is 0 Å². The van der Waals surface area contributed by atoms with Crippen LogP contribution >= 0.6 is 11.6 Å². The highest BCUT2D eigenvalue weighted by Crippen LogP contribution is 2.25. The Kier molecular flexibility index (Phi) is 6.32. The molecule has 130 valence electrons. The quantitative estimate of drug-likeness (QED) is 0.537. The van der Waals surface area contributed by atoms with Gasteiger partial charge in [0.15, 0.2) is 0 Å². The molecule has 3 heteroatoms. The Balaban J connectivity index is 1.58. The number of rotatable bonds is 8. The molecule has 25 heavy (non-hydrogen) atoms. The summed E-state index contributed by atoms with van der Waals surface area (Å²) in [6, 6.07) is 23.0. The van der Waals surface area contributed by atoms with E-state index in [1.807, 2.05) is 18.2 Å². The van der Waals surface area contributed by atoms with E-state index in [9.17, 15) is 0 Å². The van der Waals surface area contributed by atoms with Gasteiger partial charge in [0.2, 0.25) is 0 Å². The Bertz CT molecular complexity index is 737. The Labute approximate surface area is 154 Å². The molecular formula is C22H24ClNO. The van der Waals surface area contributed by atoms with Gasteiger partial charge in [0.05, 0.1) is 6.26 Å². The van der Waals surface area contributed by atoms with Gasteiger partial charge in [-0.05, 0) is 61.7 Å². The zero-order chi connectivity index (χ0) is 17.5. The lowest BCUT2D eigenvalue weighted by molar-refractivity contribution is 0.428. The molecule has 0 saturated heterocycles. The Morgan fingerprint density at radius 3 is 2.40 bits per heavy atom. The van der Waals surface area contributed by atoms with E-state index in [-0.39, 0.29) is 0 Å². The summed E-state index contributed by atoms with van der Waals surface area (Å²) in [6.45, 7) is 3.12. The molecule has 1 aromatic heterocycles. The molecule has 2 unspecified atom stereocenters. The van der Waals surface area contributed by atoms with Gasteiger partial charge in [-0.15, -0.1) is 0 Å². The van der Waals surface area contributed by atoms with Gasteiger partial charge in [0.25, 0.3) is 0 Å². The first-order valence-corrected chi connectivity index (χ1v) is 9.16. The molecule has 0 radical (unpaired) electrons. The largest absolute Gasteiger partial charge is 0.469 e. The highest BCUT2D eigenvalue weighted by molar-refractivity contribution is 6.30. The molecule has 0 aliphatic carbocycles. The van der Waals surface area contributed by atoms with Crippen molar-refractivity contribution in [3.63, 3.8) is 0 Å². The van der Waals surface area contributed by atoms with Gasteiger partial charge >= 0.3 is 0 Å². The van der Waals surface area contributed by atoms with Crippen molar-refractivity contribution in [2.24, 2.45) is 0 Å². The van der Waals surface area contributed by atoms with Gasteiger partial charge in [-0.3, -0.25) is 0 Å². The zero-order valence-electron chi connectivity index (χ0n) is 14.5. The molecule has 2 aromatic carbocycles. The SMILES string of the molecule is CC(NCCC(Cc1ccccc1)c1ccco1)c1ccc(Cl)cc1. The minimum Gasteiger partial charge on any atom is -0.469 e. The number of halogens is 1. The number of benzene rings is 2. The predicted octanol–water partition coefficient (Wildman–Crippen LogP) is 6.00. The van der Waals surface area contributed by atoms with E-state index in [0.717, 1.165) is 30.2 Å². The average Bonchev–Trinajstić information content (AvgIpc) is 3.17. The first-order chi connectivity index (χ1) is 12.2. The summed E-state index contributed by atoms with van der Waals surface area (Å²) < 4.78 is 5.68. The van der Waals surface area contributed by atoms with Crippen molar-refractivity contribution in [1.82, 2.24) is 5.32 Å². The molecule has 2 nitrogen and oxygen atoms in total. The monoisotopic (exact) mass is 353 g/mol. The lowest BCUT2D eigenvalue weighted by atomic mass is 9.93. The number of hydrogen-bond acceptors (Lipinski definition) is 2. The highest BCUT2D eigenvalue weighted by Gasteiger charge is 2.15. The molecule has 0 amide bonds. The van der Waals surface area contributed by atoms with Crippen LogP contribution in [0.1, 0.15) is 42.2 Å². The molecule has 2 atom stereocenters. The van der Waals surface area contributed by atoms with Crippen LogP contribution in [0.3, 0.4) is 0 Å². The first kappa shape index (κ1) is 17.8. The van der Waals surface area contributed by atoms with Crippen LogP contribution in [0.15, 0.2) is 77.4 Å². The summed E-state index contributed by atoms with van der Waals surface area (Å²) >= 11 is 5.97. The summed E-state index contributed by atoms with van der Waals surface area (Å²) in [5.74, 6) is 1.44. The number of furan rings is 1. The second-order valence-electron chi connectivity index (χ2n) is 6.42. The number of hydrogen-bond donors (Lipinski definition) is 1. The van der Waals surface area contributed by atoms with E-state index in [1.165, 1.54) is 11.1 Å². The fourth-order valence-electron chi connectivity index (χ4n) is 3.11. The summed E-state index contributed by atoms with van der Waals surface area (Å²) in [5.41, 5.74) is 2.59. The van der Waals surface area contributed by atoms with Crippen molar-refractivity contribution in [3.8, 4) is 0 Å². The van der Waals surface area contributed by atoms with E-state index in [4.69, 9.17) is 16.0 Å². The maximum atomic E-state index is 5.97. The van der Waals surface area contributed by atoms with Crippen LogP contribution in [-0.4, -0.2) is 6.54 Å². The topological polar surface area (TPSA) is 25.2 Å². The fourth-order valence-corrected chi connectivity index (χ4v) is 3.24. The molecule has 0 spiro atoms. The summed E-state index contributed by atoms with van der Waals surface area (Å²) in [6.07, 6.45) is 3.78. The fraction of sp³-hybridized carbons (Fsp3) is 0.273. The molecule has 0 bridgehead atoms. The van der Waals surface area contributed by atoms with Gasteiger partial charge in [-0.2, -0.15) is 0 Å². The van der Waals surface area contributed by atoms with Crippen molar-refractivity contribution >= 4 is 11.6 Å². The Morgan fingerprint density at radius 1 is 0.960 bits per heavy atom. The third-order valence-electron chi connectivity index (χ3n) is 4.58. The van der Waals surface area contributed by atoms with E-state index in [1.54, 1.807) is 6.26 Å². The zero-order valence-corrected chi connectivity index (χ0v) is 15.2. The average molecular weight is 354 g/mol. The van der Waals surface area contributed by atoms with E-state index in [2.05, 4.69) is 60.8 Å². The van der Waals surface area contributed by atoms with Crippen molar-refractivity contribution in [2.75, 3.05) is 6.54 Å². The molecule has 1 N–H and O–H groups in total. The standard InChI is InChI=1S/C22H24ClNO/c1-17(19-9-11-21(23)12-10-19)24-14-13-20(22-8-5-15-25-22)16-18-6-3-2-4-7-18/h2-12,15,17,20,24H,13-14,16H2,1H3. The van der Waals surface area contributed by atoms with Crippen molar-refractivity contribution < 1.29 is 4.42 Å². The molecule has 0 aliphatic rings. The van der Waals surface area contributed by atoms with Gasteiger partial charge < -0.3 is 9.73 Å². The molecule has 1 heterocycles. The van der Waals surface area contributed by atoms with Crippen molar-refractivity contribution in [1.29, 1.82) is 0 Å². The molecule has 0 fully saturated rings. The molecular weight excluding hydrogens is 330 g/mol. The minimum absolute atomic E-state index is 0.297. The summed E-state index contributed by atoms with van der Waals surface area (Å²) in [5, 5.41) is 4.39. The van der Waals surface area contributed by atoms with Gasteiger partial charge in [-0.1, -0.05) is 54.1 Å². The second kappa shape index (κ2) is 8.89. The third-order valence-corrected chi connectivity index (χ3v) is 4.84. The smallest absolute Gasteiger partial charge is 0.107 e. The Hall–Kier alpha value is -2.03. The lowest BCUT2D eigenvalue weighted by Gasteiger charge is -2.18. The highest BCUT2D eigenvalue weighted by atomic mass is 35.5. The normalized spacial score (nSPS) is 13.5.